The Morgan fingerprint density at radius 2 is 0.435 bits per heavy atom. The first-order valence-corrected chi connectivity index (χ1v) is 28.0. The van der Waals surface area contributed by atoms with Gasteiger partial charge in [-0.05, 0) is 19.3 Å². The van der Waals surface area contributed by atoms with Crippen molar-refractivity contribution >= 4 is 17.9 Å². The Kier molecular flexibility index (Phi) is 50.7. The molecule has 0 heterocycles. The first-order valence-electron chi connectivity index (χ1n) is 28.0. The molecule has 0 aliphatic heterocycles. The van der Waals surface area contributed by atoms with Crippen molar-refractivity contribution in [2.45, 2.75) is 329 Å². The zero-order valence-electron chi connectivity index (χ0n) is 42.2. The highest BCUT2D eigenvalue weighted by atomic mass is 16.6. The zero-order chi connectivity index (χ0) is 45.1. The van der Waals surface area contributed by atoms with Crippen molar-refractivity contribution in [3.05, 3.63) is 0 Å². The van der Waals surface area contributed by atoms with E-state index in [2.05, 4.69) is 20.8 Å². The minimum Gasteiger partial charge on any atom is -0.462 e. The molecule has 0 saturated carbocycles. The predicted octanol–water partition coefficient (Wildman–Crippen LogP) is 18.4. The number of hydrogen-bond acceptors (Lipinski definition) is 6. The molecule has 0 spiro atoms. The highest BCUT2D eigenvalue weighted by molar-refractivity contribution is 5.71. The summed E-state index contributed by atoms with van der Waals surface area (Å²) in [5.74, 6) is -0.855. The molecule has 0 aliphatic rings. The molecule has 1 atom stereocenters. The number of carbonyl (C=O) groups excluding carboxylic acids is 3. The summed E-state index contributed by atoms with van der Waals surface area (Å²) >= 11 is 0. The lowest BCUT2D eigenvalue weighted by molar-refractivity contribution is -0.167. The van der Waals surface area contributed by atoms with E-state index in [9.17, 15) is 14.4 Å². The van der Waals surface area contributed by atoms with Crippen molar-refractivity contribution in [3.8, 4) is 0 Å². The Morgan fingerprint density at radius 1 is 0.258 bits per heavy atom. The van der Waals surface area contributed by atoms with Gasteiger partial charge in [0, 0.05) is 19.3 Å². The Hall–Kier alpha value is -1.59. The molecule has 0 aromatic rings. The molecule has 0 aliphatic carbocycles. The molecule has 6 nitrogen and oxygen atoms in total. The van der Waals surface area contributed by atoms with Crippen LogP contribution in [0.4, 0.5) is 0 Å². The lowest BCUT2D eigenvalue weighted by Crippen LogP contribution is -2.30. The number of unbranched alkanes of at least 4 members (excludes halogenated alkanes) is 41. The maximum atomic E-state index is 12.7. The minimum absolute atomic E-state index is 0.0630. The van der Waals surface area contributed by atoms with Crippen molar-refractivity contribution in [1.29, 1.82) is 0 Å². The largest absolute Gasteiger partial charge is 0.462 e. The molecule has 1 unspecified atom stereocenters. The standard InChI is InChI=1S/C56H108O6/c1-4-7-10-13-15-17-19-21-23-24-25-26-27-28-29-30-31-32-33-35-36-38-40-43-46-49-55(58)61-52-53(51-60-54(57)48-45-42-12-9-6-3)62-56(59)50-47-44-41-39-37-34-22-20-18-16-14-11-8-5-2/h53H,4-52H2,1-3H3. The van der Waals surface area contributed by atoms with Gasteiger partial charge >= 0.3 is 17.9 Å². The molecule has 0 aromatic carbocycles. The number of ether oxygens (including phenoxy) is 3. The van der Waals surface area contributed by atoms with E-state index in [1.54, 1.807) is 0 Å². The van der Waals surface area contributed by atoms with Crippen LogP contribution in [0.15, 0.2) is 0 Å². The molecule has 0 radical (unpaired) electrons. The highest BCUT2D eigenvalue weighted by Crippen LogP contribution is 2.18. The van der Waals surface area contributed by atoms with E-state index in [0.29, 0.717) is 19.3 Å². The summed E-state index contributed by atoms with van der Waals surface area (Å²) in [6.07, 6.45) is 57.2. The zero-order valence-corrected chi connectivity index (χ0v) is 42.2. The Morgan fingerprint density at radius 3 is 0.645 bits per heavy atom. The van der Waals surface area contributed by atoms with Crippen LogP contribution in [0.5, 0.6) is 0 Å². The second-order valence-electron chi connectivity index (χ2n) is 19.2. The molecular formula is C56H108O6. The SMILES string of the molecule is CCCCCCCCCCCCCCCCCCCCCCCCCCCC(=O)OCC(COC(=O)CCCCCCC)OC(=O)CCCCCCCCCCCCCCCC. The van der Waals surface area contributed by atoms with Gasteiger partial charge in [0.2, 0.25) is 0 Å². The van der Waals surface area contributed by atoms with Crippen molar-refractivity contribution in [2.75, 3.05) is 13.2 Å². The molecule has 0 saturated heterocycles. The van der Waals surface area contributed by atoms with E-state index in [0.717, 1.165) is 64.2 Å². The van der Waals surface area contributed by atoms with Crippen molar-refractivity contribution in [1.82, 2.24) is 0 Å². The molecule has 0 fully saturated rings. The van der Waals surface area contributed by atoms with Crippen LogP contribution in [0.3, 0.4) is 0 Å². The van der Waals surface area contributed by atoms with E-state index < -0.39 is 6.10 Å². The number of rotatable bonds is 52. The normalized spacial score (nSPS) is 11.9. The number of esters is 3. The Bertz CT molecular complexity index is 920. The fourth-order valence-corrected chi connectivity index (χ4v) is 8.62. The average molecular weight is 877 g/mol. The Labute approximate surface area is 387 Å². The van der Waals surface area contributed by atoms with E-state index >= 15 is 0 Å². The van der Waals surface area contributed by atoms with Crippen LogP contribution in [0.2, 0.25) is 0 Å². The second-order valence-corrected chi connectivity index (χ2v) is 19.2. The van der Waals surface area contributed by atoms with Crippen LogP contribution < -0.4 is 0 Å². The minimum atomic E-state index is -0.758. The number of carbonyl (C=O) groups is 3. The average Bonchev–Trinajstić information content (AvgIpc) is 3.27. The summed E-state index contributed by atoms with van der Waals surface area (Å²) in [5.41, 5.74) is 0. The summed E-state index contributed by atoms with van der Waals surface area (Å²) < 4.78 is 16.7. The van der Waals surface area contributed by atoms with Crippen LogP contribution in [-0.2, 0) is 28.6 Å². The quantitative estimate of drug-likeness (QED) is 0.0344. The third-order valence-electron chi connectivity index (χ3n) is 12.9. The van der Waals surface area contributed by atoms with Crippen LogP contribution in [0, 0.1) is 0 Å². The Balaban J connectivity index is 3.97. The summed E-state index contributed by atoms with van der Waals surface area (Å²) in [7, 11) is 0. The lowest BCUT2D eigenvalue weighted by atomic mass is 10.0. The van der Waals surface area contributed by atoms with Crippen molar-refractivity contribution in [2.24, 2.45) is 0 Å². The number of hydrogen-bond donors (Lipinski definition) is 0. The third-order valence-corrected chi connectivity index (χ3v) is 12.9. The van der Waals surface area contributed by atoms with Crippen molar-refractivity contribution < 1.29 is 28.6 Å². The summed E-state index contributed by atoms with van der Waals surface area (Å²) in [6, 6.07) is 0. The maximum absolute atomic E-state index is 12.7. The molecule has 6 heteroatoms. The fraction of sp³-hybridized carbons (Fsp3) is 0.946. The van der Waals surface area contributed by atoms with Gasteiger partial charge in [0.25, 0.3) is 0 Å². The van der Waals surface area contributed by atoms with Gasteiger partial charge in [-0.15, -0.1) is 0 Å². The first kappa shape index (κ1) is 60.4. The lowest BCUT2D eigenvalue weighted by Gasteiger charge is -2.18. The van der Waals surface area contributed by atoms with Gasteiger partial charge < -0.3 is 14.2 Å². The van der Waals surface area contributed by atoms with Gasteiger partial charge in [-0.25, -0.2) is 0 Å². The van der Waals surface area contributed by atoms with E-state index in [1.807, 2.05) is 0 Å². The van der Waals surface area contributed by atoms with Gasteiger partial charge in [-0.1, -0.05) is 284 Å². The third kappa shape index (κ3) is 49.4. The van der Waals surface area contributed by atoms with E-state index in [-0.39, 0.29) is 31.1 Å². The van der Waals surface area contributed by atoms with Gasteiger partial charge in [-0.2, -0.15) is 0 Å². The molecule has 368 valence electrons. The smallest absolute Gasteiger partial charge is 0.306 e. The molecule has 62 heavy (non-hydrogen) atoms. The molecule has 0 amide bonds. The summed E-state index contributed by atoms with van der Waals surface area (Å²) in [5, 5.41) is 0. The van der Waals surface area contributed by atoms with Gasteiger partial charge in [-0.3, -0.25) is 14.4 Å². The van der Waals surface area contributed by atoms with Crippen LogP contribution in [-0.4, -0.2) is 37.2 Å². The predicted molar refractivity (Wildman–Crippen MR) is 266 cm³/mol. The fourth-order valence-electron chi connectivity index (χ4n) is 8.62. The van der Waals surface area contributed by atoms with Crippen molar-refractivity contribution in [3.63, 3.8) is 0 Å². The molecule has 0 N–H and O–H groups in total. The topological polar surface area (TPSA) is 78.9 Å². The second kappa shape index (κ2) is 52.0. The van der Waals surface area contributed by atoms with Crippen LogP contribution >= 0.6 is 0 Å². The summed E-state index contributed by atoms with van der Waals surface area (Å²) in [4.78, 5) is 37.7. The van der Waals surface area contributed by atoms with Gasteiger partial charge in [0.05, 0.1) is 0 Å². The van der Waals surface area contributed by atoms with E-state index in [1.165, 1.54) is 218 Å². The first-order chi connectivity index (χ1) is 30.5. The monoisotopic (exact) mass is 877 g/mol. The van der Waals surface area contributed by atoms with Gasteiger partial charge in [0.15, 0.2) is 6.10 Å². The summed E-state index contributed by atoms with van der Waals surface area (Å²) in [6.45, 7) is 6.61. The highest BCUT2D eigenvalue weighted by Gasteiger charge is 2.19. The maximum Gasteiger partial charge on any atom is 0.306 e. The molecule has 0 bridgehead atoms. The van der Waals surface area contributed by atoms with Crippen LogP contribution in [0.1, 0.15) is 323 Å². The van der Waals surface area contributed by atoms with Crippen LogP contribution in [0.25, 0.3) is 0 Å². The van der Waals surface area contributed by atoms with E-state index in [4.69, 9.17) is 14.2 Å². The molecule has 0 rings (SSSR count). The molecular weight excluding hydrogens is 769 g/mol. The van der Waals surface area contributed by atoms with Gasteiger partial charge in [0.1, 0.15) is 13.2 Å². The molecule has 0 aromatic heterocycles.